The zero-order chi connectivity index (χ0) is 20.5. The first-order valence-corrected chi connectivity index (χ1v) is 10.5. The van der Waals surface area contributed by atoms with Crippen LogP contribution in [0.2, 0.25) is 0 Å². The third-order valence-electron chi connectivity index (χ3n) is 5.33. The Morgan fingerprint density at radius 1 is 1.24 bits per heavy atom. The van der Waals surface area contributed by atoms with E-state index in [1.54, 1.807) is 7.11 Å². The van der Waals surface area contributed by atoms with Crippen molar-refractivity contribution in [1.29, 1.82) is 0 Å². The van der Waals surface area contributed by atoms with Crippen LogP contribution >= 0.6 is 0 Å². The molecule has 1 heterocycles. The SMILES string of the molecule is CC[C@@H]1CN(CCNC(=O)CCCc2ccccc2)Cc2cc(OC)ccc2O1. The summed E-state index contributed by atoms with van der Waals surface area (Å²) in [6, 6.07) is 16.3. The summed E-state index contributed by atoms with van der Waals surface area (Å²) < 4.78 is 11.5. The number of carbonyl (C=O) groups excluding carboxylic acids is 1. The first-order valence-electron chi connectivity index (χ1n) is 10.5. The fraction of sp³-hybridized carbons (Fsp3) is 0.458. The van der Waals surface area contributed by atoms with Crippen LogP contribution in [0.5, 0.6) is 11.5 Å². The lowest BCUT2D eigenvalue weighted by molar-refractivity contribution is -0.121. The maximum absolute atomic E-state index is 12.2. The lowest BCUT2D eigenvalue weighted by Gasteiger charge is -2.23. The number of carbonyl (C=O) groups is 1. The number of hydrogen-bond donors (Lipinski definition) is 1. The topological polar surface area (TPSA) is 50.8 Å². The van der Waals surface area contributed by atoms with Crippen molar-refractivity contribution in [3.63, 3.8) is 0 Å². The zero-order valence-electron chi connectivity index (χ0n) is 17.5. The molecular formula is C24H32N2O3. The van der Waals surface area contributed by atoms with Crippen LogP contribution in [-0.2, 0) is 17.8 Å². The van der Waals surface area contributed by atoms with E-state index in [0.717, 1.165) is 56.0 Å². The van der Waals surface area contributed by atoms with E-state index in [1.807, 2.05) is 36.4 Å². The maximum Gasteiger partial charge on any atom is 0.220 e. The van der Waals surface area contributed by atoms with Crippen molar-refractivity contribution in [3.8, 4) is 11.5 Å². The average Bonchev–Trinajstić information content (AvgIpc) is 2.92. The monoisotopic (exact) mass is 396 g/mol. The van der Waals surface area contributed by atoms with E-state index >= 15 is 0 Å². The molecule has 1 aliphatic rings. The van der Waals surface area contributed by atoms with Gasteiger partial charge in [-0.15, -0.1) is 0 Å². The molecule has 3 rings (SSSR count). The van der Waals surface area contributed by atoms with Gasteiger partial charge in [0.05, 0.1) is 7.11 Å². The predicted molar refractivity (Wildman–Crippen MR) is 115 cm³/mol. The van der Waals surface area contributed by atoms with Crippen molar-refractivity contribution in [2.24, 2.45) is 0 Å². The van der Waals surface area contributed by atoms with Gasteiger partial charge in [-0.1, -0.05) is 37.3 Å². The minimum absolute atomic E-state index is 0.126. The summed E-state index contributed by atoms with van der Waals surface area (Å²) in [5, 5.41) is 3.07. The first-order chi connectivity index (χ1) is 14.2. The highest BCUT2D eigenvalue weighted by molar-refractivity contribution is 5.75. The summed E-state index contributed by atoms with van der Waals surface area (Å²) in [7, 11) is 1.68. The standard InChI is InChI=1S/C24H32N2O3/c1-3-21-18-26(17-20-16-22(28-2)12-13-23(20)29-21)15-14-25-24(27)11-7-10-19-8-5-4-6-9-19/h4-6,8-9,12-13,16,21H,3,7,10-11,14-15,17-18H2,1-2H3,(H,25,27)/t21-/m1/s1. The van der Waals surface area contributed by atoms with E-state index in [2.05, 4.69) is 29.3 Å². The summed E-state index contributed by atoms with van der Waals surface area (Å²) >= 11 is 0. The summed E-state index contributed by atoms with van der Waals surface area (Å²) in [5.41, 5.74) is 2.42. The molecular weight excluding hydrogens is 364 g/mol. The van der Waals surface area contributed by atoms with Crippen molar-refractivity contribution in [1.82, 2.24) is 10.2 Å². The quantitative estimate of drug-likeness (QED) is 0.700. The van der Waals surface area contributed by atoms with Crippen molar-refractivity contribution in [3.05, 3.63) is 59.7 Å². The lowest BCUT2D eigenvalue weighted by Crippen LogP contribution is -2.38. The minimum atomic E-state index is 0.126. The number of benzene rings is 2. The van der Waals surface area contributed by atoms with Crippen molar-refractivity contribution in [2.45, 2.75) is 45.3 Å². The van der Waals surface area contributed by atoms with Crippen molar-refractivity contribution >= 4 is 5.91 Å². The summed E-state index contributed by atoms with van der Waals surface area (Å²) in [6.07, 6.45) is 3.49. The van der Waals surface area contributed by atoms with Crippen LogP contribution < -0.4 is 14.8 Å². The van der Waals surface area contributed by atoms with Crippen molar-refractivity contribution in [2.75, 3.05) is 26.7 Å². The van der Waals surface area contributed by atoms with E-state index in [1.165, 1.54) is 5.56 Å². The number of aryl methyl sites for hydroxylation is 1. The maximum atomic E-state index is 12.2. The highest BCUT2D eigenvalue weighted by Crippen LogP contribution is 2.29. The Balaban J connectivity index is 1.45. The number of methoxy groups -OCH3 is 1. The second-order valence-electron chi connectivity index (χ2n) is 7.55. The molecule has 5 heteroatoms. The molecule has 1 N–H and O–H groups in total. The number of nitrogens with one attached hydrogen (secondary N) is 1. The average molecular weight is 397 g/mol. The predicted octanol–water partition coefficient (Wildman–Crippen LogP) is 3.81. The van der Waals surface area contributed by atoms with Gasteiger partial charge in [0, 0.05) is 38.2 Å². The van der Waals surface area contributed by atoms with Gasteiger partial charge in [0.1, 0.15) is 17.6 Å². The highest BCUT2D eigenvalue weighted by atomic mass is 16.5. The number of fused-ring (bicyclic) bond motifs is 1. The van der Waals surface area contributed by atoms with Gasteiger partial charge < -0.3 is 14.8 Å². The fourth-order valence-corrected chi connectivity index (χ4v) is 3.65. The second-order valence-corrected chi connectivity index (χ2v) is 7.55. The second kappa shape index (κ2) is 10.9. The summed E-state index contributed by atoms with van der Waals surface area (Å²) in [5.74, 6) is 1.90. The third-order valence-corrected chi connectivity index (χ3v) is 5.33. The molecule has 0 radical (unpaired) electrons. The van der Waals surface area contributed by atoms with Crippen LogP contribution in [0, 0.1) is 0 Å². The molecule has 2 aromatic rings. The van der Waals surface area contributed by atoms with E-state index < -0.39 is 0 Å². The minimum Gasteiger partial charge on any atom is -0.497 e. The number of rotatable bonds is 9. The van der Waals surface area contributed by atoms with Crippen LogP contribution in [-0.4, -0.2) is 43.7 Å². The van der Waals surface area contributed by atoms with Gasteiger partial charge in [0.2, 0.25) is 5.91 Å². The molecule has 0 unspecified atom stereocenters. The third kappa shape index (κ3) is 6.50. The van der Waals surface area contributed by atoms with Crippen LogP contribution in [0.15, 0.2) is 48.5 Å². The van der Waals surface area contributed by atoms with Crippen molar-refractivity contribution < 1.29 is 14.3 Å². The molecule has 0 saturated heterocycles. The molecule has 29 heavy (non-hydrogen) atoms. The van der Waals surface area contributed by atoms with Crippen LogP contribution in [0.1, 0.15) is 37.3 Å². The Morgan fingerprint density at radius 3 is 2.83 bits per heavy atom. The Labute approximate surface area is 174 Å². The molecule has 0 aliphatic carbocycles. The zero-order valence-corrected chi connectivity index (χ0v) is 17.5. The molecule has 0 bridgehead atoms. The number of hydrogen-bond acceptors (Lipinski definition) is 4. The van der Waals surface area contributed by atoms with Gasteiger partial charge in [-0.3, -0.25) is 9.69 Å². The number of ether oxygens (including phenoxy) is 2. The molecule has 1 atom stereocenters. The molecule has 0 spiro atoms. The Hall–Kier alpha value is -2.53. The fourth-order valence-electron chi connectivity index (χ4n) is 3.65. The van der Waals surface area contributed by atoms with E-state index in [9.17, 15) is 4.79 Å². The molecule has 156 valence electrons. The Morgan fingerprint density at radius 2 is 2.07 bits per heavy atom. The molecule has 0 fully saturated rings. The summed E-state index contributed by atoms with van der Waals surface area (Å²) in [6.45, 7) is 5.26. The largest absolute Gasteiger partial charge is 0.497 e. The highest BCUT2D eigenvalue weighted by Gasteiger charge is 2.22. The molecule has 5 nitrogen and oxygen atoms in total. The van der Waals surface area contributed by atoms with Gasteiger partial charge in [-0.05, 0) is 43.0 Å². The molecule has 1 aliphatic heterocycles. The van der Waals surface area contributed by atoms with E-state index in [-0.39, 0.29) is 12.0 Å². The first kappa shape index (κ1) is 21.2. The Kier molecular flexibility index (Phi) is 7.94. The lowest BCUT2D eigenvalue weighted by atomic mass is 10.1. The van der Waals surface area contributed by atoms with Gasteiger partial charge in [0.15, 0.2) is 0 Å². The van der Waals surface area contributed by atoms with E-state index in [0.29, 0.717) is 13.0 Å². The molecule has 0 saturated carbocycles. The van der Waals surface area contributed by atoms with Gasteiger partial charge >= 0.3 is 0 Å². The van der Waals surface area contributed by atoms with Crippen LogP contribution in [0.3, 0.4) is 0 Å². The van der Waals surface area contributed by atoms with Gasteiger partial charge in [-0.25, -0.2) is 0 Å². The Bertz CT molecular complexity index is 779. The number of amides is 1. The van der Waals surface area contributed by atoms with Gasteiger partial charge in [0.25, 0.3) is 0 Å². The summed E-state index contributed by atoms with van der Waals surface area (Å²) in [4.78, 5) is 14.5. The molecule has 2 aromatic carbocycles. The molecule has 1 amide bonds. The van der Waals surface area contributed by atoms with Gasteiger partial charge in [-0.2, -0.15) is 0 Å². The molecule has 0 aromatic heterocycles. The van der Waals surface area contributed by atoms with Crippen LogP contribution in [0.25, 0.3) is 0 Å². The number of nitrogens with zero attached hydrogens (tertiary/aromatic N) is 1. The van der Waals surface area contributed by atoms with Crippen LogP contribution in [0.4, 0.5) is 0 Å². The van der Waals surface area contributed by atoms with E-state index in [4.69, 9.17) is 9.47 Å². The smallest absolute Gasteiger partial charge is 0.220 e. The normalized spacial score (nSPS) is 16.4.